The van der Waals surface area contributed by atoms with E-state index in [1.807, 2.05) is 24.3 Å². The fourth-order valence-corrected chi connectivity index (χ4v) is 4.27. The summed E-state index contributed by atoms with van der Waals surface area (Å²) in [6.45, 7) is 0.605. The highest BCUT2D eigenvalue weighted by Gasteiger charge is 2.31. The number of halogens is 2. The SMILES string of the molecule is O=C(NC(=O)N1CCCc2ccccc21)C1CC(Cl)=C(Cl)S1. The first-order valence-corrected chi connectivity index (χ1v) is 8.61. The highest BCUT2D eigenvalue weighted by molar-refractivity contribution is 8.06. The first kappa shape index (κ1) is 15.7. The molecule has 7 heteroatoms. The Morgan fingerprint density at radius 1 is 1.27 bits per heavy atom. The van der Waals surface area contributed by atoms with Crippen LogP contribution >= 0.6 is 35.0 Å². The van der Waals surface area contributed by atoms with Crippen LogP contribution in [-0.2, 0) is 11.2 Å². The van der Waals surface area contributed by atoms with Crippen molar-refractivity contribution in [2.75, 3.05) is 11.4 Å². The van der Waals surface area contributed by atoms with E-state index in [0.717, 1.165) is 24.1 Å². The van der Waals surface area contributed by atoms with Gasteiger partial charge in [-0.1, -0.05) is 53.2 Å². The van der Waals surface area contributed by atoms with Gasteiger partial charge in [0.2, 0.25) is 5.91 Å². The molecule has 0 fully saturated rings. The number of thioether (sulfide) groups is 1. The molecule has 1 aromatic rings. The van der Waals surface area contributed by atoms with Gasteiger partial charge in [-0.15, -0.1) is 0 Å². The summed E-state index contributed by atoms with van der Waals surface area (Å²) in [5.41, 5.74) is 1.99. The lowest BCUT2D eigenvalue weighted by Gasteiger charge is -2.29. The van der Waals surface area contributed by atoms with Gasteiger partial charge in [0.05, 0.1) is 9.61 Å². The molecule has 0 aromatic heterocycles. The number of aryl methyl sites for hydroxylation is 1. The van der Waals surface area contributed by atoms with Gasteiger partial charge in [-0.2, -0.15) is 0 Å². The van der Waals surface area contributed by atoms with Gasteiger partial charge >= 0.3 is 6.03 Å². The summed E-state index contributed by atoms with van der Waals surface area (Å²) in [6.07, 6.45) is 2.19. The number of carbonyl (C=O) groups is 2. The molecule has 2 aliphatic rings. The Balaban J connectivity index is 1.67. The van der Waals surface area contributed by atoms with Crippen molar-refractivity contribution >= 4 is 52.6 Å². The average Bonchev–Trinajstić information content (AvgIpc) is 2.86. The largest absolute Gasteiger partial charge is 0.328 e. The molecule has 3 amide bonds. The third-order valence-corrected chi connectivity index (χ3v) is 5.87. The van der Waals surface area contributed by atoms with Gasteiger partial charge in [0.1, 0.15) is 0 Å². The molecule has 0 spiro atoms. The number of allylic oxidation sites excluding steroid dienone is 1. The molecule has 4 nitrogen and oxygen atoms in total. The van der Waals surface area contributed by atoms with Gasteiger partial charge in [-0.25, -0.2) is 4.79 Å². The van der Waals surface area contributed by atoms with E-state index in [0.29, 0.717) is 22.4 Å². The predicted octanol–water partition coefficient (Wildman–Crippen LogP) is 3.83. The van der Waals surface area contributed by atoms with E-state index >= 15 is 0 Å². The van der Waals surface area contributed by atoms with Crippen LogP contribution in [0.2, 0.25) is 0 Å². The number of hydrogen-bond acceptors (Lipinski definition) is 3. The fraction of sp³-hybridized carbons (Fsp3) is 0.333. The second-order valence-corrected chi connectivity index (χ2v) is 7.44. The van der Waals surface area contributed by atoms with Gasteiger partial charge in [0.15, 0.2) is 0 Å². The Morgan fingerprint density at radius 2 is 2.05 bits per heavy atom. The highest BCUT2D eigenvalue weighted by atomic mass is 35.5. The third kappa shape index (κ3) is 3.12. The van der Waals surface area contributed by atoms with Crippen LogP contribution in [0.5, 0.6) is 0 Å². The molecule has 0 bridgehead atoms. The number of para-hydroxylation sites is 1. The number of nitrogens with one attached hydrogen (secondary N) is 1. The molecule has 0 saturated carbocycles. The van der Waals surface area contributed by atoms with Crippen molar-refractivity contribution in [1.82, 2.24) is 5.32 Å². The van der Waals surface area contributed by atoms with E-state index in [-0.39, 0.29) is 5.91 Å². The molecule has 3 rings (SSSR count). The summed E-state index contributed by atoms with van der Waals surface area (Å²) in [7, 11) is 0. The van der Waals surface area contributed by atoms with Crippen LogP contribution in [-0.4, -0.2) is 23.7 Å². The molecule has 116 valence electrons. The van der Waals surface area contributed by atoms with Crippen LogP contribution in [0.3, 0.4) is 0 Å². The normalized spacial score (nSPS) is 20.8. The minimum atomic E-state index is -0.441. The molecule has 0 radical (unpaired) electrons. The van der Waals surface area contributed by atoms with Crippen molar-refractivity contribution in [2.45, 2.75) is 24.5 Å². The predicted molar refractivity (Wildman–Crippen MR) is 90.4 cm³/mol. The van der Waals surface area contributed by atoms with Crippen molar-refractivity contribution in [3.63, 3.8) is 0 Å². The molecule has 1 N–H and O–H groups in total. The first-order valence-electron chi connectivity index (χ1n) is 6.97. The summed E-state index contributed by atoms with van der Waals surface area (Å²) < 4.78 is 0.428. The molecule has 2 aliphatic heterocycles. The molecule has 22 heavy (non-hydrogen) atoms. The van der Waals surface area contributed by atoms with Crippen LogP contribution in [0.4, 0.5) is 10.5 Å². The van der Waals surface area contributed by atoms with E-state index in [9.17, 15) is 9.59 Å². The minimum Gasteiger partial charge on any atom is -0.294 e. The zero-order valence-corrected chi connectivity index (χ0v) is 14.0. The minimum absolute atomic E-state index is 0.355. The quantitative estimate of drug-likeness (QED) is 0.831. The molecular formula is C15H14Cl2N2O2S. The van der Waals surface area contributed by atoms with E-state index in [4.69, 9.17) is 23.2 Å². The number of hydrogen-bond donors (Lipinski definition) is 1. The maximum atomic E-state index is 12.4. The van der Waals surface area contributed by atoms with E-state index < -0.39 is 11.3 Å². The lowest BCUT2D eigenvalue weighted by atomic mass is 10.0. The maximum absolute atomic E-state index is 12.4. The number of amides is 3. The second kappa shape index (κ2) is 6.52. The number of benzene rings is 1. The lowest BCUT2D eigenvalue weighted by Crippen LogP contribution is -2.47. The molecule has 0 aliphatic carbocycles. The van der Waals surface area contributed by atoms with Gasteiger partial charge in [0, 0.05) is 23.7 Å². The Kier molecular flexibility index (Phi) is 4.66. The number of urea groups is 1. The molecule has 1 unspecified atom stereocenters. The lowest BCUT2D eigenvalue weighted by molar-refractivity contribution is -0.119. The molecule has 0 saturated heterocycles. The number of imide groups is 1. The zero-order valence-electron chi connectivity index (χ0n) is 11.6. The van der Waals surface area contributed by atoms with Crippen LogP contribution in [0.1, 0.15) is 18.4 Å². The zero-order chi connectivity index (χ0) is 15.7. The van der Waals surface area contributed by atoms with Crippen LogP contribution < -0.4 is 10.2 Å². The summed E-state index contributed by atoms with van der Waals surface area (Å²) in [5, 5.41) is 2.49. The molecule has 2 heterocycles. The third-order valence-electron chi connectivity index (χ3n) is 3.70. The van der Waals surface area contributed by atoms with Gasteiger partial charge in [-0.05, 0) is 24.5 Å². The topological polar surface area (TPSA) is 49.4 Å². The van der Waals surface area contributed by atoms with Crippen molar-refractivity contribution in [1.29, 1.82) is 0 Å². The number of carbonyl (C=O) groups excluding carboxylic acids is 2. The summed E-state index contributed by atoms with van der Waals surface area (Å²) >= 11 is 13.0. The standard InChI is InChI=1S/C15H14Cl2N2O2S/c16-10-8-12(22-13(10)17)14(20)18-15(21)19-7-3-5-9-4-1-2-6-11(9)19/h1-2,4,6,12H,3,5,7-8H2,(H,18,20,21). The smallest absolute Gasteiger partial charge is 0.294 e. The van der Waals surface area contributed by atoms with Gasteiger partial charge in [-0.3, -0.25) is 15.0 Å². The Bertz CT molecular complexity index is 649. The van der Waals surface area contributed by atoms with Gasteiger partial charge in [0.25, 0.3) is 0 Å². The highest BCUT2D eigenvalue weighted by Crippen LogP contribution is 2.42. The van der Waals surface area contributed by atoms with Gasteiger partial charge < -0.3 is 0 Å². The summed E-state index contributed by atoms with van der Waals surface area (Å²) in [5.74, 6) is -0.355. The van der Waals surface area contributed by atoms with Crippen LogP contribution in [0.15, 0.2) is 33.7 Å². The Hall–Kier alpha value is -1.17. The number of rotatable bonds is 1. The van der Waals surface area contributed by atoms with E-state index in [1.54, 1.807) is 4.90 Å². The monoisotopic (exact) mass is 356 g/mol. The van der Waals surface area contributed by atoms with Crippen LogP contribution in [0, 0.1) is 0 Å². The second-order valence-electron chi connectivity index (χ2n) is 5.17. The molecular weight excluding hydrogens is 343 g/mol. The first-order chi connectivity index (χ1) is 10.6. The Morgan fingerprint density at radius 3 is 2.77 bits per heavy atom. The van der Waals surface area contributed by atoms with E-state index in [2.05, 4.69) is 5.32 Å². The number of fused-ring (bicyclic) bond motifs is 1. The fourth-order valence-electron chi connectivity index (χ4n) is 2.62. The average molecular weight is 357 g/mol. The number of nitrogens with zero attached hydrogens (tertiary/aromatic N) is 1. The number of anilines is 1. The Labute approximate surface area is 142 Å². The van der Waals surface area contributed by atoms with Crippen LogP contribution in [0.25, 0.3) is 0 Å². The molecule has 1 aromatic carbocycles. The van der Waals surface area contributed by atoms with Crippen molar-refractivity contribution in [3.05, 3.63) is 39.2 Å². The van der Waals surface area contributed by atoms with Crippen molar-refractivity contribution in [3.8, 4) is 0 Å². The summed E-state index contributed by atoms with van der Waals surface area (Å²) in [4.78, 5) is 26.2. The van der Waals surface area contributed by atoms with Crippen molar-refractivity contribution in [2.24, 2.45) is 0 Å². The summed E-state index contributed by atoms with van der Waals surface area (Å²) in [6, 6.07) is 7.36. The van der Waals surface area contributed by atoms with Crippen molar-refractivity contribution < 1.29 is 9.59 Å². The van der Waals surface area contributed by atoms with E-state index in [1.165, 1.54) is 11.8 Å². The molecule has 1 atom stereocenters. The maximum Gasteiger partial charge on any atom is 0.328 e.